The summed E-state index contributed by atoms with van der Waals surface area (Å²) in [7, 11) is 0. The Labute approximate surface area is 163 Å². The van der Waals surface area contributed by atoms with Gasteiger partial charge in [0.25, 0.3) is 0 Å². The smallest absolute Gasteiger partial charge is 0.191 e. The predicted molar refractivity (Wildman–Crippen MR) is 108 cm³/mol. The highest BCUT2D eigenvalue weighted by Crippen LogP contribution is 2.48. The third-order valence-electron chi connectivity index (χ3n) is 5.20. The number of aliphatic imine (C=N–C) groups is 1. The Bertz CT molecular complexity index is 976. The minimum absolute atomic E-state index is 0.0202. The van der Waals surface area contributed by atoms with E-state index in [1.165, 1.54) is 6.07 Å². The van der Waals surface area contributed by atoms with Crippen molar-refractivity contribution in [3.05, 3.63) is 65.9 Å². The average Bonchev–Trinajstić information content (AvgIpc) is 3.40. The standard InChI is InChI=1S/C21H25FN6/c1-2-23-20(24-12-9-19-27-26-18-8-3-4-13-28(18)19)25-15-21(10-11-21)16-6-5-7-17(22)14-16/h3-8,13-14H,2,9-12,15H2,1H3,(H2,23,24,25). The van der Waals surface area contributed by atoms with E-state index in [2.05, 4.69) is 20.8 Å². The molecule has 28 heavy (non-hydrogen) atoms. The van der Waals surface area contributed by atoms with E-state index in [-0.39, 0.29) is 11.2 Å². The lowest BCUT2D eigenvalue weighted by atomic mass is 9.96. The van der Waals surface area contributed by atoms with Crippen LogP contribution in [0.25, 0.3) is 5.65 Å². The topological polar surface area (TPSA) is 66.6 Å². The number of halogens is 1. The molecule has 1 aromatic carbocycles. The van der Waals surface area contributed by atoms with Gasteiger partial charge < -0.3 is 10.6 Å². The third-order valence-corrected chi connectivity index (χ3v) is 5.20. The first-order valence-corrected chi connectivity index (χ1v) is 9.77. The highest BCUT2D eigenvalue weighted by molar-refractivity contribution is 5.79. The number of hydrogen-bond donors (Lipinski definition) is 2. The Morgan fingerprint density at radius 3 is 2.86 bits per heavy atom. The van der Waals surface area contributed by atoms with E-state index in [1.807, 2.05) is 41.8 Å². The molecule has 1 aliphatic rings. The molecular weight excluding hydrogens is 355 g/mol. The number of fused-ring (bicyclic) bond motifs is 1. The zero-order chi connectivity index (χ0) is 19.4. The van der Waals surface area contributed by atoms with Gasteiger partial charge in [-0.15, -0.1) is 10.2 Å². The van der Waals surface area contributed by atoms with E-state index in [9.17, 15) is 4.39 Å². The summed E-state index contributed by atoms with van der Waals surface area (Å²) in [5.74, 6) is 1.51. The van der Waals surface area contributed by atoms with E-state index in [0.29, 0.717) is 13.1 Å². The van der Waals surface area contributed by atoms with Crippen LogP contribution in [0.3, 0.4) is 0 Å². The van der Waals surface area contributed by atoms with Crippen molar-refractivity contribution in [1.29, 1.82) is 0 Å². The molecule has 2 N–H and O–H groups in total. The van der Waals surface area contributed by atoms with Crippen LogP contribution in [0, 0.1) is 5.82 Å². The fourth-order valence-electron chi connectivity index (χ4n) is 3.43. The van der Waals surface area contributed by atoms with Gasteiger partial charge in [0.1, 0.15) is 11.6 Å². The molecule has 4 rings (SSSR count). The molecule has 1 aliphatic carbocycles. The van der Waals surface area contributed by atoms with Crippen LogP contribution < -0.4 is 10.6 Å². The number of nitrogens with one attached hydrogen (secondary N) is 2. The number of benzene rings is 1. The highest BCUT2D eigenvalue weighted by atomic mass is 19.1. The number of pyridine rings is 1. The predicted octanol–water partition coefficient (Wildman–Crippen LogP) is 2.70. The van der Waals surface area contributed by atoms with Crippen LogP contribution in [-0.4, -0.2) is 40.2 Å². The number of nitrogens with zero attached hydrogens (tertiary/aromatic N) is 4. The molecule has 1 fully saturated rings. The molecule has 6 nitrogen and oxygen atoms in total. The van der Waals surface area contributed by atoms with E-state index in [4.69, 9.17) is 4.99 Å². The Hall–Kier alpha value is -2.96. The quantitative estimate of drug-likeness (QED) is 0.489. The summed E-state index contributed by atoms with van der Waals surface area (Å²) in [5.41, 5.74) is 1.87. The Morgan fingerprint density at radius 2 is 2.07 bits per heavy atom. The lowest BCUT2D eigenvalue weighted by molar-refractivity contribution is 0.615. The summed E-state index contributed by atoms with van der Waals surface area (Å²) in [6.45, 7) is 4.18. The Kier molecular flexibility index (Phi) is 5.23. The highest BCUT2D eigenvalue weighted by Gasteiger charge is 2.44. The average molecular weight is 380 g/mol. The van der Waals surface area contributed by atoms with Gasteiger partial charge in [0.05, 0.1) is 6.54 Å². The van der Waals surface area contributed by atoms with Gasteiger partial charge >= 0.3 is 0 Å². The molecule has 0 saturated heterocycles. The van der Waals surface area contributed by atoms with E-state index in [1.54, 1.807) is 12.1 Å². The second-order valence-corrected chi connectivity index (χ2v) is 7.21. The Balaban J connectivity index is 1.38. The molecule has 0 atom stereocenters. The van der Waals surface area contributed by atoms with Crippen molar-refractivity contribution in [2.75, 3.05) is 19.6 Å². The van der Waals surface area contributed by atoms with Gasteiger partial charge in [0, 0.05) is 31.1 Å². The molecule has 3 aromatic rings. The van der Waals surface area contributed by atoms with Crippen molar-refractivity contribution in [2.24, 2.45) is 4.99 Å². The molecule has 0 amide bonds. The van der Waals surface area contributed by atoms with Gasteiger partial charge in [-0.05, 0) is 49.6 Å². The van der Waals surface area contributed by atoms with Crippen molar-refractivity contribution < 1.29 is 4.39 Å². The minimum Gasteiger partial charge on any atom is -0.357 e. The first kappa shape index (κ1) is 18.4. The molecule has 0 spiro atoms. The minimum atomic E-state index is -0.182. The van der Waals surface area contributed by atoms with Crippen molar-refractivity contribution in [1.82, 2.24) is 25.2 Å². The summed E-state index contributed by atoms with van der Waals surface area (Å²) in [5, 5.41) is 15.1. The summed E-state index contributed by atoms with van der Waals surface area (Å²) >= 11 is 0. The zero-order valence-electron chi connectivity index (χ0n) is 16.0. The summed E-state index contributed by atoms with van der Waals surface area (Å²) < 4.78 is 15.6. The molecule has 2 heterocycles. The maximum absolute atomic E-state index is 13.6. The molecule has 2 aromatic heterocycles. The van der Waals surface area contributed by atoms with Crippen molar-refractivity contribution in [2.45, 2.75) is 31.6 Å². The molecule has 146 valence electrons. The maximum atomic E-state index is 13.6. The molecule has 0 aliphatic heterocycles. The van der Waals surface area contributed by atoms with Gasteiger partial charge in [-0.1, -0.05) is 18.2 Å². The summed E-state index contributed by atoms with van der Waals surface area (Å²) in [6, 6.07) is 12.8. The summed E-state index contributed by atoms with van der Waals surface area (Å²) in [6.07, 6.45) is 4.81. The largest absolute Gasteiger partial charge is 0.357 e. The maximum Gasteiger partial charge on any atom is 0.191 e. The van der Waals surface area contributed by atoms with Crippen molar-refractivity contribution in [3.8, 4) is 0 Å². The van der Waals surface area contributed by atoms with Crippen LogP contribution >= 0.6 is 0 Å². The van der Waals surface area contributed by atoms with Crippen LogP contribution in [0.15, 0.2) is 53.7 Å². The molecule has 0 bridgehead atoms. The lowest BCUT2D eigenvalue weighted by Gasteiger charge is -2.16. The van der Waals surface area contributed by atoms with E-state index in [0.717, 1.165) is 48.8 Å². The van der Waals surface area contributed by atoms with Crippen molar-refractivity contribution in [3.63, 3.8) is 0 Å². The number of hydrogen-bond acceptors (Lipinski definition) is 3. The summed E-state index contributed by atoms with van der Waals surface area (Å²) in [4.78, 5) is 4.76. The van der Waals surface area contributed by atoms with Crippen LogP contribution in [-0.2, 0) is 11.8 Å². The molecule has 0 unspecified atom stereocenters. The van der Waals surface area contributed by atoms with Crippen LogP contribution in [0.5, 0.6) is 0 Å². The van der Waals surface area contributed by atoms with Gasteiger partial charge in [-0.2, -0.15) is 0 Å². The van der Waals surface area contributed by atoms with E-state index < -0.39 is 0 Å². The molecule has 0 radical (unpaired) electrons. The van der Waals surface area contributed by atoms with Crippen LogP contribution in [0.2, 0.25) is 0 Å². The van der Waals surface area contributed by atoms with Crippen LogP contribution in [0.4, 0.5) is 4.39 Å². The number of aromatic nitrogens is 3. The first-order chi connectivity index (χ1) is 13.7. The van der Waals surface area contributed by atoms with Gasteiger partial charge in [-0.3, -0.25) is 9.39 Å². The number of guanidine groups is 1. The molecule has 7 heteroatoms. The first-order valence-electron chi connectivity index (χ1n) is 9.77. The number of rotatable bonds is 7. The fraction of sp³-hybridized carbons (Fsp3) is 0.381. The van der Waals surface area contributed by atoms with Crippen molar-refractivity contribution >= 4 is 11.6 Å². The van der Waals surface area contributed by atoms with Gasteiger partial charge in [-0.25, -0.2) is 4.39 Å². The molecule has 1 saturated carbocycles. The SMILES string of the molecule is CCNC(=NCC1(c2cccc(F)c2)CC1)NCCc1nnc2ccccn12. The second-order valence-electron chi connectivity index (χ2n) is 7.21. The molecular formula is C21H25FN6. The fourth-order valence-corrected chi connectivity index (χ4v) is 3.43. The second kappa shape index (κ2) is 7.96. The van der Waals surface area contributed by atoms with Gasteiger partial charge in [0.15, 0.2) is 11.6 Å². The Morgan fingerprint density at radius 1 is 1.18 bits per heavy atom. The normalized spacial score (nSPS) is 15.6. The third kappa shape index (κ3) is 3.98. The van der Waals surface area contributed by atoms with E-state index >= 15 is 0 Å². The van der Waals surface area contributed by atoms with Gasteiger partial charge in [0.2, 0.25) is 0 Å². The zero-order valence-corrected chi connectivity index (χ0v) is 16.0. The van der Waals surface area contributed by atoms with Crippen LogP contribution in [0.1, 0.15) is 31.2 Å². The monoisotopic (exact) mass is 380 g/mol. The lowest BCUT2D eigenvalue weighted by Crippen LogP contribution is -2.39.